The molecule has 1 fully saturated rings. The van der Waals surface area contributed by atoms with Crippen LogP contribution in [-0.4, -0.2) is 22.6 Å². The van der Waals surface area contributed by atoms with Crippen LogP contribution in [0.2, 0.25) is 0 Å². The van der Waals surface area contributed by atoms with E-state index in [2.05, 4.69) is 21.9 Å². The van der Waals surface area contributed by atoms with E-state index in [0.717, 1.165) is 18.9 Å². The molecule has 0 unspecified atom stereocenters. The van der Waals surface area contributed by atoms with E-state index in [4.69, 9.17) is 0 Å². The van der Waals surface area contributed by atoms with Gasteiger partial charge in [0.05, 0.1) is 0 Å². The van der Waals surface area contributed by atoms with Gasteiger partial charge in [0.15, 0.2) is 0 Å². The topological polar surface area (TPSA) is 29.9 Å². The standard InChI is InChI=1S/C14H25N3/c1-17-12-11-16-14(17)8-10-15-9-7-13-5-3-2-4-6-13/h11-13,15H,2-10H2,1H3. The van der Waals surface area contributed by atoms with E-state index in [-0.39, 0.29) is 0 Å². The van der Waals surface area contributed by atoms with Gasteiger partial charge in [-0.25, -0.2) is 4.98 Å². The summed E-state index contributed by atoms with van der Waals surface area (Å²) in [5.74, 6) is 2.17. The van der Waals surface area contributed by atoms with Crippen molar-refractivity contribution in [2.75, 3.05) is 13.1 Å². The fraction of sp³-hybridized carbons (Fsp3) is 0.786. The molecule has 0 atom stereocenters. The first-order valence-corrected chi connectivity index (χ1v) is 7.03. The van der Waals surface area contributed by atoms with Gasteiger partial charge in [0, 0.05) is 32.4 Å². The summed E-state index contributed by atoms with van der Waals surface area (Å²) in [7, 11) is 2.06. The second-order valence-electron chi connectivity index (χ2n) is 5.25. The van der Waals surface area contributed by atoms with Gasteiger partial charge in [-0.15, -0.1) is 0 Å². The predicted octanol–water partition coefficient (Wildman–Crippen LogP) is 2.52. The third-order valence-corrected chi connectivity index (χ3v) is 3.90. The van der Waals surface area contributed by atoms with Gasteiger partial charge in [0.25, 0.3) is 0 Å². The number of hydrogen-bond acceptors (Lipinski definition) is 2. The van der Waals surface area contributed by atoms with Gasteiger partial charge in [0.2, 0.25) is 0 Å². The maximum atomic E-state index is 4.33. The fourth-order valence-electron chi connectivity index (χ4n) is 2.74. The van der Waals surface area contributed by atoms with E-state index < -0.39 is 0 Å². The van der Waals surface area contributed by atoms with Crippen molar-refractivity contribution in [3.8, 4) is 0 Å². The van der Waals surface area contributed by atoms with Crippen LogP contribution in [0.15, 0.2) is 12.4 Å². The van der Waals surface area contributed by atoms with E-state index in [9.17, 15) is 0 Å². The molecule has 3 nitrogen and oxygen atoms in total. The second-order valence-corrected chi connectivity index (χ2v) is 5.25. The Bertz CT molecular complexity index is 313. The van der Waals surface area contributed by atoms with Gasteiger partial charge in [-0.3, -0.25) is 0 Å². The van der Waals surface area contributed by atoms with Crippen molar-refractivity contribution >= 4 is 0 Å². The van der Waals surface area contributed by atoms with Crippen LogP contribution in [0.3, 0.4) is 0 Å². The number of aromatic nitrogens is 2. The van der Waals surface area contributed by atoms with E-state index in [1.165, 1.54) is 50.9 Å². The Morgan fingerprint density at radius 3 is 2.82 bits per heavy atom. The molecule has 1 aromatic heterocycles. The van der Waals surface area contributed by atoms with Crippen LogP contribution in [-0.2, 0) is 13.5 Å². The molecule has 1 aromatic rings. The Hall–Kier alpha value is -0.830. The van der Waals surface area contributed by atoms with Crippen molar-refractivity contribution in [2.45, 2.75) is 44.9 Å². The van der Waals surface area contributed by atoms with Crippen molar-refractivity contribution in [1.82, 2.24) is 14.9 Å². The third kappa shape index (κ3) is 4.15. The van der Waals surface area contributed by atoms with Crippen molar-refractivity contribution in [1.29, 1.82) is 0 Å². The number of imidazole rings is 1. The lowest BCUT2D eigenvalue weighted by Crippen LogP contribution is -2.22. The average molecular weight is 235 g/mol. The van der Waals surface area contributed by atoms with E-state index >= 15 is 0 Å². The second kappa shape index (κ2) is 6.80. The van der Waals surface area contributed by atoms with Gasteiger partial charge in [-0.05, 0) is 18.9 Å². The fourth-order valence-corrected chi connectivity index (χ4v) is 2.74. The monoisotopic (exact) mass is 235 g/mol. The summed E-state index contributed by atoms with van der Waals surface area (Å²) in [6, 6.07) is 0. The SMILES string of the molecule is Cn1ccnc1CCNCCC1CCCCC1. The highest BCUT2D eigenvalue weighted by atomic mass is 15.0. The molecule has 1 aliphatic rings. The molecule has 0 aromatic carbocycles. The van der Waals surface area contributed by atoms with Crippen molar-refractivity contribution in [3.63, 3.8) is 0 Å². The van der Waals surface area contributed by atoms with Gasteiger partial charge in [-0.2, -0.15) is 0 Å². The Morgan fingerprint density at radius 2 is 2.12 bits per heavy atom. The average Bonchev–Trinajstić information content (AvgIpc) is 2.76. The predicted molar refractivity (Wildman–Crippen MR) is 71.0 cm³/mol. The Kier molecular flexibility index (Phi) is 5.05. The third-order valence-electron chi connectivity index (χ3n) is 3.90. The summed E-state index contributed by atoms with van der Waals surface area (Å²) < 4.78 is 2.10. The van der Waals surface area contributed by atoms with E-state index in [1.807, 2.05) is 12.4 Å². The van der Waals surface area contributed by atoms with Crippen molar-refractivity contribution in [3.05, 3.63) is 18.2 Å². The molecule has 2 rings (SSSR count). The number of nitrogens with one attached hydrogen (secondary N) is 1. The molecule has 0 spiro atoms. The van der Waals surface area contributed by atoms with E-state index in [1.54, 1.807) is 0 Å². The first kappa shape index (κ1) is 12.6. The first-order valence-electron chi connectivity index (χ1n) is 7.03. The molecule has 96 valence electrons. The highest BCUT2D eigenvalue weighted by Gasteiger charge is 2.12. The lowest BCUT2D eigenvalue weighted by atomic mass is 9.87. The minimum absolute atomic E-state index is 0.990. The number of nitrogens with zero attached hydrogens (tertiary/aromatic N) is 2. The first-order chi connectivity index (χ1) is 8.36. The maximum absolute atomic E-state index is 4.33. The molecule has 0 saturated heterocycles. The highest BCUT2D eigenvalue weighted by molar-refractivity contribution is 4.91. The Morgan fingerprint density at radius 1 is 1.29 bits per heavy atom. The van der Waals surface area contributed by atoms with Crippen LogP contribution in [0.1, 0.15) is 44.3 Å². The largest absolute Gasteiger partial charge is 0.338 e. The van der Waals surface area contributed by atoms with Crippen LogP contribution in [0.5, 0.6) is 0 Å². The zero-order valence-corrected chi connectivity index (χ0v) is 11.0. The lowest BCUT2D eigenvalue weighted by Gasteiger charge is -2.21. The van der Waals surface area contributed by atoms with Crippen LogP contribution < -0.4 is 5.32 Å². The molecule has 1 N–H and O–H groups in total. The number of aryl methyl sites for hydroxylation is 1. The van der Waals surface area contributed by atoms with Gasteiger partial charge >= 0.3 is 0 Å². The summed E-state index contributed by atoms with van der Waals surface area (Å²) in [5, 5.41) is 3.54. The molecule has 0 bridgehead atoms. The molecule has 0 radical (unpaired) electrons. The summed E-state index contributed by atoms with van der Waals surface area (Å²) in [5.41, 5.74) is 0. The Balaban J connectivity index is 1.53. The van der Waals surface area contributed by atoms with Crippen LogP contribution in [0.25, 0.3) is 0 Å². The molecule has 17 heavy (non-hydrogen) atoms. The van der Waals surface area contributed by atoms with Gasteiger partial charge < -0.3 is 9.88 Å². The lowest BCUT2D eigenvalue weighted by molar-refractivity contribution is 0.334. The molecule has 0 aliphatic heterocycles. The summed E-state index contributed by atoms with van der Waals surface area (Å²) in [6.45, 7) is 2.23. The molecule has 1 heterocycles. The zero-order chi connectivity index (χ0) is 11.9. The van der Waals surface area contributed by atoms with Crippen LogP contribution in [0, 0.1) is 5.92 Å². The van der Waals surface area contributed by atoms with Crippen LogP contribution in [0.4, 0.5) is 0 Å². The summed E-state index contributed by atoms with van der Waals surface area (Å²) in [4.78, 5) is 4.33. The van der Waals surface area contributed by atoms with Crippen molar-refractivity contribution < 1.29 is 0 Å². The molecule has 1 aliphatic carbocycles. The van der Waals surface area contributed by atoms with E-state index in [0.29, 0.717) is 0 Å². The quantitative estimate of drug-likeness (QED) is 0.768. The number of rotatable bonds is 6. The maximum Gasteiger partial charge on any atom is 0.109 e. The smallest absolute Gasteiger partial charge is 0.109 e. The minimum Gasteiger partial charge on any atom is -0.338 e. The zero-order valence-electron chi connectivity index (χ0n) is 11.0. The minimum atomic E-state index is 0.990. The van der Waals surface area contributed by atoms with Gasteiger partial charge in [0.1, 0.15) is 5.82 Å². The number of hydrogen-bond donors (Lipinski definition) is 1. The normalized spacial score (nSPS) is 17.5. The summed E-state index contributed by atoms with van der Waals surface area (Å²) in [6.07, 6.45) is 13.6. The molecular formula is C14H25N3. The van der Waals surface area contributed by atoms with Gasteiger partial charge in [-0.1, -0.05) is 32.1 Å². The molecule has 1 saturated carbocycles. The Labute approximate surface area is 105 Å². The molecule has 0 amide bonds. The molecule has 3 heteroatoms. The van der Waals surface area contributed by atoms with Crippen LogP contribution >= 0.6 is 0 Å². The van der Waals surface area contributed by atoms with Crippen molar-refractivity contribution in [2.24, 2.45) is 13.0 Å². The highest BCUT2D eigenvalue weighted by Crippen LogP contribution is 2.25. The summed E-state index contributed by atoms with van der Waals surface area (Å²) >= 11 is 0. The molecular weight excluding hydrogens is 210 g/mol.